The largest absolute Gasteiger partial charge is 0.330 e. The molecule has 1 unspecified atom stereocenters. The summed E-state index contributed by atoms with van der Waals surface area (Å²) < 4.78 is 1.63. The number of hydrogen-bond acceptors (Lipinski definition) is 4. The number of anilines is 1. The Hall–Kier alpha value is -2.21. The molecule has 1 amide bonds. The van der Waals surface area contributed by atoms with E-state index in [1.165, 1.54) is 6.33 Å². The van der Waals surface area contributed by atoms with Crippen molar-refractivity contribution in [3.8, 4) is 5.69 Å². The summed E-state index contributed by atoms with van der Waals surface area (Å²) in [6, 6.07) is 7.50. The van der Waals surface area contributed by atoms with Crippen molar-refractivity contribution in [1.29, 1.82) is 0 Å². The van der Waals surface area contributed by atoms with Gasteiger partial charge in [0.1, 0.15) is 12.7 Å². The Bertz CT molecular complexity index is 552. The van der Waals surface area contributed by atoms with E-state index < -0.39 is 0 Å². The Morgan fingerprint density at radius 2 is 2.25 bits per heavy atom. The number of amides is 1. The maximum atomic E-state index is 12.1. The molecule has 0 spiro atoms. The van der Waals surface area contributed by atoms with Gasteiger partial charge in [0.05, 0.1) is 11.4 Å². The predicted molar refractivity (Wildman–Crippen MR) is 77.4 cm³/mol. The Morgan fingerprint density at radius 1 is 1.45 bits per heavy atom. The number of aromatic nitrogens is 3. The molecular formula is C14H19N5O. The van der Waals surface area contributed by atoms with Gasteiger partial charge in [-0.1, -0.05) is 19.1 Å². The van der Waals surface area contributed by atoms with Gasteiger partial charge in [0, 0.05) is 5.92 Å². The van der Waals surface area contributed by atoms with Crippen molar-refractivity contribution < 1.29 is 4.79 Å². The van der Waals surface area contributed by atoms with Crippen LogP contribution in [0.15, 0.2) is 36.9 Å². The SMILES string of the molecule is CC(CCCN)C(=O)Nc1ccccc1-n1cncn1. The molecule has 0 fully saturated rings. The van der Waals surface area contributed by atoms with Gasteiger partial charge in [0.2, 0.25) is 5.91 Å². The summed E-state index contributed by atoms with van der Waals surface area (Å²) >= 11 is 0. The smallest absolute Gasteiger partial charge is 0.227 e. The zero-order chi connectivity index (χ0) is 14.4. The average Bonchev–Trinajstić information content (AvgIpc) is 2.99. The van der Waals surface area contributed by atoms with Gasteiger partial charge in [-0.3, -0.25) is 4.79 Å². The van der Waals surface area contributed by atoms with Crippen LogP contribution in [0.1, 0.15) is 19.8 Å². The third-order valence-electron chi connectivity index (χ3n) is 3.12. The highest BCUT2D eigenvalue weighted by atomic mass is 16.1. The van der Waals surface area contributed by atoms with Gasteiger partial charge in [0.15, 0.2) is 0 Å². The molecule has 1 heterocycles. The van der Waals surface area contributed by atoms with Crippen molar-refractivity contribution in [3.63, 3.8) is 0 Å². The predicted octanol–water partition coefficient (Wildman–Crippen LogP) is 1.58. The standard InChI is InChI=1S/C14H19N5O/c1-11(5-4-8-15)14(20)18-12-6-2-3-7-13(12)19-10-16-9-17-19/h2-3,6-7,9-11H,4-5,8,15H2,1H3,(H,18,20). The third-order valence-corrected chi connectivity index (χ3v) is 3.12. The maximum Gasteiger partial charge on any atom is 0.227 e. The van der Waals surface area contributed by atoms with Gasteiger partial charge in [-0.25, -0.2) is 9.67 Å². The molecule has 0 saturated carbocycles. The highest BCUT2D eigenvalue weighted by molar-refractivity contribution is 5.94. The second-order valence-corrected chi connectivity index (χ2v) is 4.68. The molecule has 3 N–H and O–H groups in total. The first-order valence-electron chi connectivity index (χ1n) is 6.67. The molecule has 0 aliphatic heterocycles. The van der Waals surface area contributed by atoms with Crippen molar-refractivity contribution in [1.82, 2.24) is 14.8 Å². The van der Waals surface area contributed by atoms with E-state index in [-0.39, 0.29) is 11.8 Å². The van der Waals surface area contributed by atoms with Crippen molar-refractivity contribution >= 4 is 11.6 Å². The van der Waals surface area contributed by atoms with Crippen molar-refractivity contribution in [2.45, 2.75) is 19.8 Å². The van der Waals surface area contributed by atoms with Gasteiger partial charge < -0.3 is 11.1 Å². The molecule has 0 bridgehead atoms. The number of benzene rings is 1. The number of hydrogen-bond donors (Lipinski definition) is 2. The zero-order valence-electron chi connectivity index (χ0n) is 11.5. The highest BCUT2D eigenvalue weighted by Gasteiger charge is 2.14. The Kier molecular flexibility index (Phi) is 4.84. The lowest BCUT2D eigenvalue weighted by molar-refractivity contribution is -0.119. The molecular weight excluding hydrogens is 254 g/mol. The Morgan fingerprint density at radius 3 is 2.95 bits per heavy atom. The lowest BCUT2D eigenvalue weighted by Crippen LogP contribution is -2.22. The van der Waals surface area contributed by atoms with E-state index in [2.05, 4.69) is 15.4 Å². The molecule has 6 heteroatoms. The van der Waals surface area contributed by atoms with Crippen LogP contribution in [-0.2, 0) is 4.79 Å². The van der Waals surface area contributed by atoms with E-state index in [9.17, 15) is 4.79 Å². The lowest BCUT2D eigenvalue weighted by Gasteiger charge is -2.14. The fraction of sp³-hybridized carbons (Fsp3) is 0.357. The van der Waals surface area contributed by atoms with E-state index >= 15 is 0 Å². The van der Waals surface area contributed by atoms with Crippen LogP contribution in [0, 0.1) is 5.92 Å². The summed E-state index contributed by atoms with van der Waals surface area (Å²) in [6.07, 6.45) is 4.69. The van der Waals surface area contributed by atoms with Crippen molar-refractivity contribution in [2.24, 2.45) is 11.7 Å². The summed E-state index contributed by atoms with van der Waals surface area (Å²) in [5.41, 5.74) is 6.99. The molecule has 1 atom stereocenters. The molecule has 106 valence electrons. The monoisotopic (exact) mass is 273 g/mol. The number of nitrogens with one attached hydrogen (secondary N) is 1. The van der Waals surface area contributed by atoms with Gasteiger partial charge in [-0.2, -0.15) is 5.10 Å². The van der Waals surface area contributed by atoms with Crippen LogP contribution >= 0.6 is 0 Å². The van der Waals surface area contributed by atoms with Crippen LogP contribution in [0.25, 0.3) is 5.69 Å². The van der Waals surface area contributed by atoms with Crippen molar-refractivity contribution in [2.75, 3.05) is 11.9 Å². The van der Waals surface area contributed by atoms with Gasteiger partial charge in [0.25, 0.3) is 0 Å². The average molecular weight is 273 g/mol. The number of nitrogens with zero attached hydrogens (tertiary/aromatic N) is 3. The summed E-state index contributed by atoms with van der Waals surface area (Å²) in [7, 11) is 0. The first kappa shape index (κ1) is 14.2. The molecule has 6 nitrogen and oxygen atoms in total. The summed E-state index contributed by atoms with van der Waals surface area (Å²) in [5, 5.41) is 7.03. The van der Waals surface area contributed by atoms with E-state index in [1.807, 2.05) is 31.2 Å². The Labute approximate surface area is 118 Å². The lowest BCUT2D eigenvalue weighted by atomic mass is 10.0. The quantitative estimate of drug-likeness (QED) is 0.836. The molecule has 0 aliphatic rings. The molecule has 1 aromatic carbocycles. The number of carbonyl (C=O) groups is 1. The maximum absolute atomic E-state index is 12.1. The van der Waals surface area contributed by atoms with E-state index in [4.69, 9.17) is 5.73 Å². The molecule has 0 saturated heterocycles. The van der Waals surface area contributed by atoms with E-state index in [1.54, 1.807) is 11.0 Å². The molecule has 20 heavy (non-hydrogen) atoms. The number of para-hydroxylation sites is 2. The fourth-order valence-corrected chi connectivity index (χ4v) is 1.92. The Balaban J connectivity index is 2.12. The number of nitrogens with two attached hydrogens (primary N) is 1. The summed E-state index contributed by atoms with van der Waals surface area (Å²) in [6.45, 7) is 2.51. The third kappa shape index (κ3) is 3.42. The molecule has 2 aromatic rings. The summed E-state index contributed by atoms with van der Waals surface area (Å²) in [5.74, 6) is -0.0756. The molecule has 2 rings (SSSR count). The molecule has 0 aliphatic carbocycles. The minimum absolute atomic E-state index is 0.00832. The minimum atomic E-state index is -0.0673. The van der Waals surface area contributed by atoms with E-state index in [0.717, 1.165) is 24.2 Å². The van der Waals surface area contributed by atoms with Gasteiger partial charge in [-0.15, -0.1) is 0 Å². The minimum Gasteiger partial charge on any atom is -0.330 e. The fourth-order valence-electron chi connectivity index (χ4n) is 1.92. The summed E-state index contributed by atoms with van der Waals surface area (Å²) in [4.78, 5) is 16.1. The normalized spacial score (nSPS) is 12.1. The van der Waals surface area contributed by atoms with Crippen LogP contribution in [0.5, 0.6) is 0 Å². The molecule has 1 aromatic heterocycles. The second kappa shape index (κ2) is 6.81. The second-order valence-electron chi connectivity index (χ2n) is 4.68. The molecule has 0 radical (unpaired) electrons. The van der Waals surface area contributed by atoms with Crippen LogP contribution in [-0.4, -0.2) is 27.2 Å². The zero-order valence-corrected chi connectivity index (χ0v) is 11.5. The van der Waals surface area contributed by atoms with Crippen LogP contribution in [0.4, 0.5) is 5.69 Å². The van der Waals surface area contributed by atoms with Gasteiger partial charge in [-0.05, 0) is 31.5 Å². The number of rotatable bonds is 6. The first-order chi connectivity index (χ1) is 9.72. The van der Waals surface area contributed by atoms with Crippen LogP contribution < -0.4 is 11.1 Å². The first-order valence-corrected chi connectivity index (χ1v) is 6.67. The van der Waals surface area contributed by atoms with Crippen LogP contribution in [0.2, 0.25) is 0 Å². The number of carbonyl (C=O) groups excluding carboxylic acids is 1. The van der Waals surface area contributed by atoms with Crippen molar-refractivity contribution in [3.05, 3.63) is 36.9 Å². The van der Waals surface area contributed by atoms with Crippen LogP contribution in [0.3, 0.4) is 0 Å². The van der Waals surface area contributed by atoms with E-state index in [0.29, 0.717) is 6.54 Å². The topological polar surface area (TPSA) is 85.8 Å². The highest BCUT2D eigenvalue weighted by Crippen LogP contribution is 2.20. The van der Waals surface area contributed by atoms with Gasteiger partial charge >= 0.3 is 0 Å².